The number of anilines is 1. The maximum Gasteiger partial charge on any atom is 0.321 e. The number of likely N-dealkylation sites (N-methyl/N-ethyl adjacent to an activating group) is 1. The Morgan fingerprint density at radius 1 is 1.20 bits per heavy atom. The molecule has 11 heteroatoms. The third-order valence-corrected chi connectivity index (χ3v) is 8.99. The Kier molecular flexibility index (Phi) is 8.97. The van der Waals surface area contributed by atoms with Gasteiger partial charge in [-0.2, -0.15) is 4.31 Å². The SMILES string of the molecule is COc1cccc(NC(=O)N(C)C[C@@H]2Oc3cc(-c4ccccc4F)ccc3S(=O)(=O)N([C@H](C)CO)C[C@@H]2C)c1. The summed E-state index contributed by atoms with van der Waals surface area (Å²) in [5.41, 5.74) is 1.30. The van der Waals surface area contributed by atoms with Gasteiger partial charge in [-0.05, 0) is 42.8 Å². The third-order valence-electron chi connectivity index (χ3n) is 6.97. The molecule has 2 amide bonds. The van der Waals surface area contributed by atoms with Crippen LogP contribution >= 0.6 is 0 Å². The van der Waals surface area contributed by atoms with Crippen LogP contribution in [0.25, 0.3) is 11.1 Å². The van der Waals surface area contributed by atoms with Crippen LogP contribution < -0.4 is 14.8 Å². The number of carbonyl (C=O) groups excluding carboxylic acids is 1. The van der Waals surface area contributed by atoms with Crippen molar-refractivity contribution in [2.75, 3.05) is 39.2 Å². The number of methoxy groups -OCH3 is 1. The molecular weight excluding hydrogens is 537 g/mol. The van der Waals surface area contributed by atoms with Crippen molar-refractivity contribution in [1.82, 2.24) is 9.21 Å². The highest BCUT2D eigenvalue weighted by Gasteiger charge is 2.38. The van der Waals surface area contributed by atoms with Crippen LogP contribution in [-0.4, -0.2) is 74.8 Å². The van der Waals surface area contributed by atoms with E-state index in [1.165, 1.54) is 40.6 Å². The molecule has 2 N–H and O–H groups in total. The van der Waals surface area contributed by atoms with Gasteiger partial charge in [0.05, 0.1) is 20.3 Å². The number of hydrogen-bond acceptors (Lipinski definition) is 6. The van der Waals surface area contributed by atoms with Crippen molar-refractivity contribution in [3.8, 4) is 22.6 Å². The average Bonchev–Trinajstić information content (AvgIpc) is 2.94. The van der Waals surface area contributed by atoms with Gasteiger partial charge in [0.15, 0.2) is 0 Å². The normalized spacial score (nSPS) is 19.4. The summed E-state index contributed by atoms with van der Waals surface area (Å²) in [6, 6.07) is 16.5. The number of hydrogen-bond donors (Lipinski definition) is 2. The molecule has 0 saturated carbocycles. The third kappa shape index (κ3) is 6.22. The molecule has 0 unspecified atom stereocenters. The number of amides is 2. The fourth-order valence-electron chi connectivity index (χ4n) is 4.58. The van der Waals surface area contributed by atoms with E-state index in [0.717, 1.165) is 0 Å². The fourth-order valence-corrected chi connectivity index (χ4v) is 6.40. The molecule has 1 aliphatic rings. The number of ether oxygens (including phenoxy) is 2. The average molecular weight is 572 g/mol. The number of carbonyl (C=O) groups is 1. The molecular formula is C29H34FN3O6S. The van der Waals surface area contributed by atoms with E-state index in [9.17, 15) is 22.7 Å². The second-order valence-corrected chi connectivity index (χ2v) is 11.8. The van der Waals surface area contributed by atoms with Gasteiger partial charge < -0.3 is 24.8 Å². The number of nitrogens with one attached hydrogen (secondary N) is 1. The molecule has 4 rings (SSSR count). The smallest absolute Gasteiger partial charge is 0.321 e. The maximum atomic E-state index is 14.6. The summed E-state index contributed by atoms with van der Waals surface area (Å²) in [7, 11) is -0.906. The van der Waals surface area contributed by atoms with Crippen LogP contribution in [0.3, 0.4) is 0 Å². The Balaban J connectivity index is 1.68. The van der Waals surface area contributed by atoms with Gasteiger partial charge in [-0.3, -0.25) is 0 Å². The molecule has 0 aliphatic carbocycles. The predicted octanol–water partition coefficient (Wildman–Crippen LogP) is 4.43. The van der Waals surface area contributed by atoms with E-state index in [-0.39, 0.29) is 42.3 Å². The molecule has 214 valence electrons. The van der Waals surface area contributed by atoms with E-state index >= 15 is 0 Å². The Hall–Kier alpha value is -3.67. The lowest BCUT2D eigenvalue weighted by Gasteiger charge is -2.37. The van der Waals surface area contributed by atoms with Crippen molar-refractivity contribution in [1.29, 1.82) is 0 Å². The second-order valence-electron chi connectivity index (χ2n) is 9.92. The number of benzene rings is 3. The van der Waals surface area contributed by atoms with Crippen LogP contribution in [0.5, 0.6) is 11.5 Å². The summed E-state index contributed by atoms with van der Waals surface area (Å²) in [5.74, 6) is -0.181. The molecule has 40 heavy (non-hydrogen) atoms. The van der Waals surface area contributed by atoms with Gasteiger partial charge in [-0.15, -0.1) is 0 Å². The van der Waals surface area contributed by atoms with E-state index < -0.39 is 28.0 Å². The van der Waals surface area contributed by atoms with E-state index in [4.69, 9.17) is 9.47 Å². The van der Waals surface area contributed by atoms with Crippen molar-refractivity contribution in [2.45, 2.75) is 30.9 Å². The molecule has 0 spiro atoms. The zero-order chi connectivity index (χ0) is 29.0. The van der Waals surface area contributed by atoms with Gasteiger partial charge in [0.1, 0.15) is 28.3 Å². The summed E-state index contributed by atoms with van der Waals surface area (Å²) in [6.45, 7) is 3.28. The molecule has 0 bridgehead atoms. The molecule has 9 nitrogen and oxygen atoms in total. The van der Waals surface area contributed by atoms with E-state index in [0.29, 0.717) is 22.6 Å². The van der Waals surface area contributed by atoms with E-state index in [1.54, 1.807) is 56.4 Å². The minimum absolute atomic E-state index is 0.0500. The van der Waals surface area contributed by atoms with Crippen LogP contribution in [0.15, 0.2) is 71.6 Å². The highest BCUT2D eigenvalue weighted by atomic mass is 32.2. The lowest BCUT2D eigenvalue weighted by atomic mass is 10.0. The number of urea groups is 1. The number of aliphatic hydroxyl groups is 1. The highest BCUT2D eigenvalue weighted by molar-refractivity contribution is 7.89. The number of sulfonamides is 1. The molecule has 0 fully saturated rings. The molecule has 1 aliphatic heterocycles. The molecule has 3 aromatic carbocycles. The quantitative estimate of drug-likeness (QED) is 0.434. The Morgan fingerprint density at radius 2 is 1.95 bits per heavy atom. The van der Waals surface area contributed by atoms with Gasteiger partial charge in [0.25, 0.3) is 0 Å². The van der Waals surface area contributed by atoms with Crippen LogP contribution in [0, 0.1) is 11.7 Å². The summed E-state index contributed by atoms with van der Waals surface area (Å²) in [6.07, 6.45) is -0.625. The van der Waals surface area contributed by atoms with Gasteiger partial charge in [-0.1, -0.05) is 37.3 Å². The van der Waals surface area contributed by atoms with Crippen LogP contribution in [0.4, 0.5) is 14.9 Å². The summed E-state index contributed by atoms with van der Waals surface area (Å²) in [4.78, 5) is 14.4. The van der Waals surface area contributed by atoms with Gasteiger partial charge in [0.2, 0.25) is 10.0 Å². The Bertz CT molecular complexity index is 1470. The first-order chi connectivity index (χ1) is 19.0. The standard InChI is InChI=1S/C29H34FN3O6S/c1-19-16-33(20(2)18-34)40(36,37)28-13-12-21(24-10-5-6-11-25(24)30)14-26(28)39-27(19)17-32(3)29(35)31-22-8-7-9-23(15-22)38-4/h5-15,19-20,27,34H,16-18H2,1-4H3,(H,31,35)/t19-,20+,27-/m0/s1. The number of aliphatic hydroxyl groups excluding tert-OH is 1. The number of rotatable bonds is 7. The topological polar surface area (TPSA) is 108 Å². The molecule has 1 heterocycles. The minimum atomic E-state index is -4.06. The van der Waals surface area contributed by atoms with Crippen molar-refractivity contribution >= 4 is 21.7 Å². The summed E-state index contributed by atoms with van der Waals surface area (Å²) >= 11 is 0. The van der Waals surface area contributed by atoms with Crippen molar-refractivity contribution in [2.24, 2.45) is 5.92 Å². The molecule has 0 radical (unpaired) electrons. The number of nitrogens with zero attached hydrogens (tertiary/aromatic N) is 2. The lowest BCUT2D eigenvalue weighted by Crippen LogP contribution is -2.50. The predicted molar refractivity (Wildman–Crippen MR) is 150 cm³/mol. The van der Waals surface area contributed by atoms with Crippen molar-refractivity contribution < 1.29 is 32.2 Å². The molecule has 3 atom stereocenters. The van der Waals surface area contributed by atoms with Crippen molar-refractivity contribution in [3.63, 3.8) is 0 Å². The van der Waals surface area contributed by atoms with E-state index in [2.05, 4.69) is 5.32 Å². The maximum absolute atomic E-state index is 14.6. The zero-order valence-corrected chi connectivity index (χ0v) is 23.7. The van der Waals surface area contributed by atoms with Crippen LogP contribution in [0.1, 0.15) is 13.8 Å². The largest absolute Gasteiger partial charge is 0.497 e. The Labute approximate surface area is 234 Å². The van der Waals surface area contributed by atoms with Crippen LogP contribution in [-0.2, 0) is 10.0 Å². The summed E-state index contributed by atoms with van der Waals surface area (Å²) in [5, 5.41) is 12.7. The van der Waals surface area contributed by atoms with Gasteiger partial charge in [0, 0.05) is 42.9 Å². The number of fused-ring (bicyclic) bond motifs is 1. The summed E-state index contributed by atoms with van der Waals surface area (Å²) < 4.78 is 54.8. The van der Waals surface area contributed by atoms with Crippen LogP contribution in [0.2, 0.25) is 0 Å². The highest BCUT2D eigenvalue weighted by Crippen LogP contribution is 2.37. The first-order valence-corrected chi connectivity index (χ1v) is 14.3. The monoisotopic (exact) mass is 571 g/mol. The fraction of sp³-hybridized carbons (Fsp3) is 0.345. The molecule has 0 aromatic heterocycles. The molecule has 0 saturated heterocycles. The van der Waals surface area contributed by atoms with E-state index in [1.807, 2.05) is 6.92 Å². The molecule has 3 aromatic rings. The Morgan fingerprint density at radius 3 is 2.65 bits per heavy atom. The lowest BCUT2D eigenvalue weighted by molar-refractivity contribution is 0.0830. The van der Waals surface area contributed by atoms with Gasteiger partial charge in [-0.25, -0.2) is 17.6 Å². The first kappa shape index (κ1) is 29.3. The van der Waals surface area contributed by atoms with Gasteiger partial charge >= 0.3 is 6.03 Å². The van der Waals surface area contributed by atoms with Crippen molar-refractivity contribution in [3.05, 3.63) is 72.5 Å². The minimum Gasteiger partial charge on any atom is -0.497 e. The first-order valence-electron chi connectivity index (χ1n) is 12.9. The zero-order valence-electron chi connectivity index (χ0n) is 22.9. The number of halogens is 1. The second kappa shape index (κ2) is 12.2.